The first-order chi connectivity index (χ1) is 16.3. The van der Waals surface area contributed by atoms with E-state index in [-0.39, 0.29) is 21.7 Å². The fraction of sp³-hybridized carbons (Fsp3) is 0.667. The van der Waals surface area contributed by atoms with Gasteiger partial charge < -0.3 is 0 Å². The van der Waals surface area contributed by atoms with Crippen LogP contribution in [0.15, 0.2) is 18.2 Å². The lowest BCUT2D eigenvalue weighted by atomic mass is 9.71. The van der Waals surface area contributed by atoms with Crippen LogP contribution in [-0.2, 0) is 28.1 Å². The van der Waals surface area contributed by atoms with E-state index in [1.807, 2.05) is 0 Å². The zero-order valence-electron chi connectivity index (χ0n) is 26.3. The van der Waals surface area contributed by atoms with Gasteiger partial charge in [-0.25, -0.2) is 0 Å². The molecule has 0 aliphatic carbocycles. The summed E-state index contributed by atoms with van der Waals surface area (Å²) in [5.74, 6) is 0.731. The van der Waals surface area contributed by atoms with Crippen molar-refractivity contribution in [2.45, 2.75) is 151 Å². The highest BCUT2D eigenvalue weighted by atomic mass is 14.3. The van der Waals surface area contributed by atoms with Crippen molar-refractivity contribution in [2.75, 3.05) is 0 Å². The maximum atomic E-state index is 3.99. The van der Waals surface area contributed by atoms with E-state index in [4.69, 9.17) is 0 Å². The standard InChI is InChI=1S/C36H56/c1-15-17-18-25(16-2)19-30-31(35(9,10)11)22-27(23-32(30)36(12,13)14)26-20-28(33(3,4)5)24-29(21-26)34(6,7)8/h20,22,24-25H,15-19H2,1-14H3. The van der Waals surface area contributed by atoms with E-state index in [1.54, 1.807) is 5.56 Å². The van der Waals surface area contributed by atoms with Gasteiger partial charge in [-0.2, -0.15) is 0 Å². The van der Waals surface area contributed by atoms with Gasteiger partial charge in [0.15, 0.2) is 0 Å². The highest BCUT2D eigenvalue weighted by Crippen LogP contribution is 2.41. The van der Waals surface area contributed by atoms with Gasteiger partial charge in [0.2, 0.25) is 0 Å². The average Bonchev–Trinajstić information content (AvgIpc) is 2.73. The van der Waals surface area contributed by atoms with Gasteiger partial charge in [-0.1, -0.05) is 129 Å². The van der Waals surface area contributed by atoms with E-state index >= 15 is 0 Å². The van der Waals surface area contributed by atoms with E-state index in [0.29, 0.717) is 0 Å². The van der Waals surface area contributed by atoms with Crippen molar-refractivity contribution in [3.63, 3.8) is 0 Å². The Morgan fingerprint density at radius 1 is 0.667 bits per heavy atom. The summed E-state index contributed by atoms with van der Waals surface area (Å²) in [5, 5.41) is 0. The van der Waals surface area contributed by atoms with Gasteiger partial charge in [0.1, 0.15) is 0 Å². The van der Waals surface area contributed by atoms with E-state index in [9.17, 15) is 0 Å². The highest BCUT2D eigenvalue weighted by Gasteiger charge is 2.29. The SMILES string of the molecule is CCCCC(CC)Cc1c(C(C)(C)C)[c]c(-c2[c]c(C(C)(C)C)cc(C(C)(C)C)c2)cc1C(C)(C)C. The van der Waals surface area contributed by atoms with Gasteiger partial charge in [-0.3, -0.25) is 0 Å². The summed E-state index contributed by atoms with van der Waals surface area (Å²) in [6.45, 7) is 32.7. The van der Waals surface area contributed by atoms with Crippen molar-refractivity contribution in [2.24, 2.45) is 5.92 Å². The zero-order chi connectivity index (χ0) is 27.7. The first kappa shape index (κ1) is 30.7. The molecule has 2 radical (unpaired) electrons. The molecule has 2 aromatic rings. The molecule has 0 fully saturated rings. The van der Waals surface area contributed by atoms with Crippen LogP contribution in [0, 0.1) is 18.1 Å². The van der Waals surface area contributed by atoms with Gasteiger partial charge in [-0.05, 0) is 97.2 Å². The molecular weight excluding hydrogens is 432 g/mol. The van der Waals surface area contributed by atoms with Crippen molar-refractivity contribution < 1.29 is 0 Å². The van der Waals surface area contributed by atoms with Gasteiger partial charge in [0.05, 0.1) is 0 Å². The second-order valence-electron chi connectivity index (χ2n) is 15.3. The van der Waals surface area contributed by atoms with Crippen LogP contribution >= 0.6 is 0 Å². The zero-order valence-corrected chi connectivity index (χ0v) is 26.3. The average molecular weight is 489 g/mol. The van der Waals surface area contributed by atoms with Gasteiger partial charge >= 0.3 is 0 Å². The van der Waals surface area contributed by atoms with Gasteiger partial charge in [0, 0.05) is 0 Å². The monoisotopic (exact) mass is 488 g/mol. The lowest BCUT2D eigenvalue weighted by molar-refractivity contribution is 0.437. The first-order valence-electron chi connectivity index (χ1n) is 14.5. The largest absolute Gasteiger partial charge is 0.0654 e. The Morgan fingerprint density at radius 2 is 1.25 bits per heavy atom. The molecule has 2 rings (SSSR count). The molecular formula is C36H56. The summed E-state index contributed by atoms with van der Waals surface area (Å²) >= 11 is 0. The molecule has 36 heavy (non-hydrogen) atoms. The van der Waals surface area contributed by atoms with E-state index in [0.717, 1.165) is 12.3 Å². The molecule has 0 amide bonds. The molecule has 0 saturated carbocycles. The number of hydrogen-bond acceptors (Lipinski definition) is 0. The summed E-state index contributed by atoms with van der Waals surface area (Å²) in [5.41, 5.74) is 9.70. The first-order valence-corrected chi connectivity index (χ1v) is 14.5. The van der Waals surface area contributed by atoms with E-state index < -0.39 is 0 Å². The van der Waals surface area contributed by atoms with Crippen molar-refractivity contribution in [1.82, 2.24) is 0 Å². The third-order valence-electron chi connectivity index (χ3n) is 7.60. The third-order valence-corrected chi connectivity index (χ3v) is 7.60. The summed E-state index contributed by atoms with van der Waals surface area (Å²) in [6, 6.07) is 15.0. The Kier molecular flexibility index (Phi) is 9.41. The van der Waals surface area contributed by atoms with Crippen molar-refractivity contribution >= 4 is 0 Å². The maximum Gasteiger partial charge on any atom is -0.00555 e. The van der Waals surface area contributed by atoms with Crippen LogP contribution in [0.1, 0.15) is 150 Å². The summed E-state index contributed by atoms with van der Waals surface area (Å²) in [7, 11) is 0. The Balaban J connectivity index is 2.88. The Bertz CT molecular complexity index is 939. The molecule has 0 aliphatic heterocycles. The minimum atomic E-state index is 0.0306. The van der Waals surface area contributed by atoms with Gasteiger partial charge in [-0.15, -0.1) is 0 Å². The van der Waals surface area contributed by atoms with Crippen LogP contribution in [0.4, 0.5) is 0 Å². The summed E-state index contributed by atoms with van der Waals surface area (Å²) < 4.78 is 0. The minimum Gasteiger partial charge on any atom is -0.0654 e. The van der Waals surface area contributed by atoms with Crippen LogP contribution in [0.25, 0.3) is 11.1 Å². The fourth-order valence-corrected chi connectivity index (χ4v) is 5.06. The second kappa shape index (κ2) is 11.0. The quantitative estimate of drug-likeness (QED) is 0.363. The summed E-state index contributed by atoms with van der Waals surface area (Å²) in [4.78, 5) is 0. The molecule has 200 valence electrons. The predicted octanol–water partition coefficient (Wildman–Crippen LogP) is 10.9. The normalized spacial score (nSPS) is 14.3. The topological polar surface area (TPSA) is 0 Å². The molecule has 1 atom stereocenters. The third kappa shape index (κ3) is 7.72. The molecule has 0 aromatic heterocycles. The summed E-state index contributed by atoms with van der Waals surface area (Å²) in [6.07, 6.45) is 6.31. The number of hydrogen-bond donors (Lipinski definition) is 0. The molecule has 0 bridgehead atoms. The Morgan fingerprint density at radius 3 is 1.69 bits per heavy atom. The van der Waals surface area contributed by atoms with Crippen molar-refractivity contribution in [1.29, 1.82) is 0 Å². The van der Waals surface area contributed by atoms with Crippen LogP contribution in [0.2, 0.25) is 0 Å². The maximum absolute atomic E-state index is 3.99. The smallest absolute Gasteiger partial charge is 0.00555 e. The van der Waals surface area contributed by atoms with Crippen LogP contribution in [-0.4, -0.2) is 0 Å². The lowest BCUT2D eigenvalue weighted by Crippen LogP contribution is -2.23. The number of rotatable bonds is 7. The van der Waals surface area contributed by atoms with E-state index in [1.165, 1.54) is 59.1 Å². The molecule has 0 heteroatoms. The molecule has 0 aliphatic rings. The molecule has 0 heterocycles. The molecule has 0 nitrogen and oxygen atoms in total. The fourth-order valence-electron chi connectivity index (χ4n) is 5.06. The lowest BCUT2D eigenvalue weighted by Gasteiger charge is -2.33. The molecule has 0 saturated heterocycles. The second-order valence-corrected chi connectivity index (χ2v) is 15.3. The molecule has 0 N–H and O–H groups in total. The van der Waals surface area contributed by atoms with Crippen molar-refractivity contribution in [3.05, 3.63) is 58.1 Å². The number of benzene rings is 2. The van der Waals surface area contributed by atoms with Gasteiger partial charge in [0.25, 0.3) is 0 Å². The predicted molar refractivity (Wildman–Crippen MR) is 161 cm³/mol. The van der Waals surface area contributed by atoms with Crippen LogP contribution in [0.5, 0.6) is 0 Å². The highest BCUT2D eigenvalue weighted by molar-refractivity contribution is 5.69. The Hall–Kier alpha value is -1.56. The number of unbranched alkanes of at least 4 members (excludes halogenated alkanes) is 1. The molecule has 2 aromatic carbocycles. The Labute approximate surface area is 225 Å². The minimum absolute atomic E-state index is 0.0306. The van der Waals surface area contributed by atoms with Crippen molar-refractivity contribution in [3.8, 4) is 11.1 Å². The van der Waals surface area contributed by atoms with E-state index in [2.05, 4.69) is 127 Å². The van der Waals surface area contributed by atoms with Crippen LogP contribution in [0.3, 0.4) is 0 Å². The molecule has 0 spiro atoms. The molecule has 1 unspecified atom stereocenters. The van der Waals surface area contributed by atoms with Crippen LogP contribution < -0.4 is 0 Å².